The van der Waals surface area contributed by atoms with Gasteiger partial charge in [0.25, 0.3) is 0 Å². The number of aromatic hydroxyl groups is 1. The summed E-state index contributed by atoms with van der Waals surface area (Å²) in [6.07, 6.45) is 4.47. The molecule has 5 amide bonds. The van der Waals surface area contributed by atoms with Crippen LogP contribution in [0.15, 0.2) is 24.3 Å². The number of nitrogens with zero attached hydrogens (tertiary/aromatic N) is 1. The molecule has 1 aliphatic rings. The van der Waals surface area contributed by atoms with Gasteiger partial charge in [0.1, 0.15) is 42.2 Å². The lowest BCUT2D eigenvalue weighted by molar-refractivity contribution is -0.142. The molecular formula is C31H46N6O10S2. The molecule has 49 heavy (non-hydrogen) atoms. The van der Waals surface area contributed by atoms with E-state index in [0.29, 0.717) is 36.2 Å². The number of nitrogens with one attached hydrogen (secondary N) is 4. The molecule has 1 aliphatic heterocycles. The number of hydrogen-bond acceptors (Lipinski definition) is 12. The van der Waals surface area contributed by atoms with Crippen LogP contribution < -0.4 is 27.0 Å². The minimum atomic E-state index is -1.44. The first kappa shape index (κ1) is 41.3. The molecule has 272 valence electrons. The van der Waals surface area contributed by atoms with E-state index >= 15 is 0 Å². The van der Waals surface area contributed by atoms with Crippen molar-refractivity contribution in [2.75, 3.05) is 37.2 Å². The third kappa shape index (κ3) is 13.5. The highest BCUT2D eigenvalue weighted by molar-refractivity contribution is 7.98. The average Bonchev–Trinajstić information content (AvgIpc) is 3.57. The molecule has 1 heterocycles. The first-order valence-electron chi connectivity index (χ1n) is 15.7. The Morgan fingerprint density at radius 2 is 1.51 bits per heavy atom. The van der Waals surface area contributed by atoms with E-state index in [0.717, 1.165) is 0 Å². The van der Waals surface area contributed by atoms with Gasteiger partial charge in [0, 0.05) is 13.0 Å². The van der Waals surface area contributed by atoms with Gasteiger partial charge in [0.15, 0.2) is 0 Å². The Labute approximate surface area is 293 Å². The first-order chi connectivity index (χ1) is 23.3. The van der Waals surface area contributed by atoms with Crippen molar-refractivity contribution in [3.63, 3.8) is 0 Å². The zero-order chi connectivity index (χ0) is 36.5. The molecule has 0 unspecified atom stereocenters. The molecule has 2 rings (SSSR count). The van der Waals surface area contributed by atoms with Gasteiger partial charge >= 0.3 is 5.97 Å². The van der Waals surface area contributed by atoms with Crippen molar-refractivity contribution in [1.29, 1.82) is 0 Å². The summed E-state index contributed by atoms with van der Waals surface area (Å²) in [5.74, 6) is -3.77. The molecule has 16 nitrogen and oxygen atoms in total. The van der Waals surface area contributed by atoms with E-state index in [1.165, 1.54) is 40.6 Å². The molecule has 6 atom stereocenters. The number of rotatable bonds is 21. The number of phenolic OH excluding ortho intramolecular Hbond substituents is 1. The molecule has 0 aromatic heterocycles. The monoisotopic (exact) mass is 726 g/mol. The number of likely N-dealkylation sites (tertiary alicyclic amines) is 1. The van der Waals surface area contributed by atoms with Gasteiger partial charge < -0.3 is 52.0 Å². The summed E-state index contributed by atoms with van der Waals surface area (Å²) in [6.45, 7) is -0.402. The number of aliphatic hydroxyl groups is 1. The number of thioether (sulfide) groups is 2. The molecule has 0 aliphatic carbocycles. The van der Waals surface area contributed by atoms with Crippen molar-refractivity contribution in [2.45, 2.75) is 74.8 Å². The summed E-state index contributed by atoms with van der Waals surface area (Å²) < 4.78 is 0. The lowest BCUT2D eigenvalue weighted by Gasteiger charge is -2.31. The molecule has 0 radical (unpaired) electrons. The molecular weight excluding hydrogens is 681 g/mol. The Morgan fingerprint density at radius 1 is 0.918 bits per heavy atom. The van der Waals surface area contributed by atoms with Gasteiger partial charge in [-0.2, -0.15) is 23.5 Å². The van der Waals surface area contributed by atoms with Crippen molar-refractivity contribution in [1.82, 2.24) is 26.2 Å². The quantitative estimate of drug-likeness (QED) is 0.0663. The van der Waals surface area contributed by atoms with E-state index in [-0.39, 0.29) is 31.6 Å². The second-order valence-electron chi connectivity index (χ2n) is 11.4. The van der Waals surface area contributed by atoms with Crippen LogP contribution in [0.25, 0.3) is 0 Å². The highest BCUT2D eigenvalue weighted by Gasteiger charge is 2.39. The Hall–Kier alpha value is -3.87. The van der Waals surface area contributed by atoms with Crippen LogP contribution in [0, 0.1) is 0 Å². The van der Waals surface area contributed by atoms with Crippen LogP contribution >= 0.6 is 23.5 Å². The smallest absolute Gasteiger partial charge is 0.305 e. The van der Waals surface area contributed by atoms with Crippen LogP contribution in [0.5, 0.6) is 5.75 Å². The standard InChI is InChI=1S/C31H46N6O10S2/c1-48-12-9-22(28(44)33-19(16-38)17-39)34-30(46)25-4-3-11-37(25)31(47)23(10-13-49-2)35-29(45)24(14-18-5-7-20(40)8-6-18)36-27(43)21(32)15-26(41)42/h5-8,16,19,21-25,39-40H,3-4,9-15,17,32H2,1-2H3,(H,33,44)(H,34,46)(H,35,45)(H,36,43)(H,41,42)/t19-,21+,22+,23+,24+,25+/m1/s1. The van der Waals surface area contributed by atoms with Gasteiger partial charge in [-0.1, -0.05) is 12.1 Å². The van der Waals surface area contributed by atoms with Crippen LogP contribution in [0.3, 0.4) is 0 Å². The fourth-order valence-corrected chi connectivity index (χ4v) is 6.03. The second kappa shape index (κ2) is 21.3. The minimum absolute atomic E-state index is 0.0179. The lowest BCUT2D eigenvalue weighted by atomic mass is 10.0. The van der Waals surface area contributed by atoms with Gasteiger partial charge in [-0.15, -0.1) is 0 Å². The Balaban J connectivity index is 2.27. The highest BCUT2D eigenvalue weighted by Crippen LogP contribution is 2.21. The van der Waals surface area contributed by atoms with Crippen molar-refractivity contribution < 1.29 is 48.9 Å². The number of amides is 5. The van der Waals surface area contributed by atoms with Gasteiger partial charge in [-0.25, -0.2) is 0 Å². The predicted molar refractivity (Wildman–Crippen MR) is 184 cm³/mol. The van der Waals surface area contributed by atoms with E-state index in [2.05, 4.69) is 21.3 Å². The average molecular weight is 727 g/mol. The highest BCUT2D eigenvalue weighted by atomic mass is 32.2. The number of benzene rings is 1. The number of carboxylic acids is 1. The summed E-state index contributed by atoms with van der Waals surface area (Å²) in [5, 5.41) is 38.3. The number of aliphatic hydroxyl groups excluding tert-OH is 1. The molecule has 0 bridgehead atoms. The predicted octanol–water partition coefficient (Wildman–Crippen LogP) is -1.64. The fraction of sp³-hybridized carbons (Fsp3) is 0.581. The Bertz CT molecular complexity index is 1300. The van der Waals surface area contributed by atoms with Gasteiger partial charge in [-0.3, -0.25) is 28.8 Å². The molecule has 18 heteroatoms. The van der Waals surface area contributed by atoms with Crippen molar-refractivity contribution in [2.24, 2.45) is 5.73 Å². The van der Waals surface area contributed by atoms with E-state index < -0.39 is 84.8 Å². The third-order valence-corrected chi connectivity index (χ3v) is 9.02. The summed E-state index contributed by atoms with van der Waals surface area (Å²) in [6, 6.07) is -1.07. The van der Waals surface area contributed by atoms with Crippen LogP contribution in [0.2, 0.25) is 0 Å². The number of nitrogens with two attached hydrogens (primary N) is 1. The summed E-state index contributed by atoms with van der Waals surface area (Å²) in [4.78, 5) is 90.3. The van der Waals surface area contributed by atoms with Crippen molar-refractivity contribution >= 4 is 65.3 Å². The number of aldehydes is 1. The molecule has 1 fully saturated rings. The van der Waals surface area contributed by atoms with E-state index in [4.69, 9.17) is 10.8 Å². The zero-order valence-electron chi connectivity index (χ0n) is 27.5. The van der Waals surface area contributed by atoms with Gasteiger partial charge in [-0.05, 0) is 67.4 Å². The normalized spacial score (nSPS) is 17.1. The number of carboxylic acid groups (broad SMARTS) is 1. The fourth-order valence-electron chi connectivity index (χ4n) is 5.08. The Kier molecular flexibility index (Phi) is 17.9. The maximum atomic E-state index is 14.0. The van der Waals surface area contributed by atoms with Crippen LogP contribution in [0.4, 0.5) is 0 Å². The molecule has 0 spiro atoms. The number of carbonyl (C=O) groups excluding carboxylic acids is 6. The largest absolute Gasteiger partial charge is 0.508 e. The Morgan fingerprint density at radius 3 is 2.08 bits per heavy atom. The number of carbonyl (C=O) groups is 7. The second-order valence-corrected chi connectivity index (χ2v) is 13.4. The number of phenols is 1. The molecule has 1 aromatic carbocycles. The molecule has 9 N–H and O–H groups in total. The van der Waals surface area contributed by atoms with Gasteiger partial charge in [0.2, 0.25) is 29.5 Å². The molecule has 0 saturated carbocycles. The van der Waals surface area contributed by atoms with Crippen molar-refractivity contribution in [3.8, 4) is 5.75 Å². The third-order valence-electron chi connectivity index (χ3n) is 7.74. The summed E-state index contributed by atoms with van der Waals surface area (Å²) >= 11 is 2.87. The van der Waals surface area contributed by atoms with E-state index in [9.17, 15) is 43.8 Å². The maximum absolute atomic E-state index is 14.0. The molecule has 1 saturated heterocycles. The zero-order valence-corrected chi connectivity index (χ0v) is 29.1. The maximum Gasteiger partial charge on any atom is 0.305 e. The number of hydrogen-bond donors (Lipinski definition) is 8. The lowest BCUT2D eigenvalue weighted by Crippen LogP contribution is -2.59. The summed E-state index contributed by atoms with van der Waals surface area (Å²) in [7, 11) is 0. The van der Waals surface area contributed by atoms with Crippen LogP contribution in [0.1, 0.15) is 37.7 Å². The van der Waals surface area contributed by atoms with Crippen molar-refractivity contribution in [3.05, 3.63) is 29.8 Å². The van der Waals surface area contributed by atoms with Crippen LogP contribution in [-0.2, 0) is 40.0 Å². The SMILES string of the molecule is CSCC[C@H](NC(=O)[C@@H]1CCCN1C(=O)[C@H](CCSC)NC(=O)[C@H](Cc1ccc(O)cc1)NC(=O)[C@@H](N)CC(=O)O)C(=O)N[C@H](C=O)CO. The number of aliphatic carboxylic acids is 1. The van der Waals surface area contributed by atoms with E-state index in [1.54, 1.807) is 12.1 Å². The topological polar surface area (TPSA) is 258 Å². The van der Waals surface area contributed by atoms with Crippen LogP contribution in [-0.4, -0.2) is 135 Å². The van der Waals surface area contributed by atoms with Gasteiger partial charge in [0.05, 0.1) is 19.1 Å². The minimum Gasteiger partial charge on any atom is -0.508 e. The first-order valence-corrected chi connectivity index (χ1v) is 18.4. The molecule has 1 aromatic rings. The summed E-state index contributed by atoms with van der Waals surface area (Å²) in [5.41, 5.74) is 6.28. The van der Waals surface area contributed by atoms with E-state index in [1.807, 2.05) is 12.5 Å².